The number of carbonyl (C=O) groups excluding carboxylic acids is 2. The van der Waals surface area contributed by atoms with Gasteiger partial charge in [0.25, 0.3) is 15.9 Å². The lowest BCUT2D eigenvalue weighted by atomic mass is 10.2. The third-order valence-corrected chi connectivity index (χ3v) is 6.80. The number of sulfonamides is 1. The molecule has 2 amide bonds. The predicted octanol–water partition coefficient (Wildman–Crippen LogP) is 1.81. The van der Waals surface area contributed by atoms with Crippen LogP contribution in [0.1, 0.15) is 34.6 Å². The Kier molecular flexibility index (Phi) is 8.39. The zero-order chi connectivity index (χ0) is 28.3. The second-order valence-electron chi connectivity index (χ2n) is 9.36. The zero-order valence-corrected chi connectivity index (χ0v) is 22.5. The lowest BCUT2D eigenvalue weighted by Crippen LogP contribution is -2.48. The summed E-state index contributed by atoms with van der Waals surface area (Å²) < 4.78 is 46.6. The van der Waals surface area contributed by atoms with Gasteiger partial charge in [0, 0.05) is 25.4 Å². The molecule has 14 nitrogen and oxygen atoms in total. The number of rotatable bonds is 9. The summed E-state index contributed by atoms with van der Waals surface area (Å²) in [6, 6.07) is 4.42. The standard InChI is InChI=1S/C23H31N5O9S/c1-6-27-12-19(21(26-27)35-13-20(30)31)38(33,34)28-11-16(10-24-14(2)29)36-18-8-7-15(9-17(18)28)25-22(32)37-23(3,4)5/h7-9,12,16H,6,10-11,13H2,1-5H3,(H,24,29)(H,25,32)(H,30,31). The highest BCUT2D eigenvalue weighted by molar-refractivity contribution is 7.93. The lowest BCUT2D eigenvalue weighted by Gasteiger charge is -2.35. The predicted molar refractivity (Wildman–Crippen MR) is 135 cm³/mol. The number of amides is 2. The second kappa shape index (κ2) is 11.2. The molecule has 1 aromatic carbocycles. The first kappa shape index (κ1) is 28.6. The van der Waals surface area contributed by atoms with Crippen LogP contribution >= 0.6 is 0 Å². The average molecular weight is 554 g/mol. The number of ether oxygens (including phenoxy) is 3. The Hall–Kier alpha value is -4.01. The van der Waals surface area contributed by atoms with Crippen molar-refractivity contribution in [2.24, 2.45) is 0 Å². The Balaban J connectivity index is 2.04. The molecule has 0 spiro atoms. The van der Waals surface area contributed by atoms with Crippen LogP contribution in [0.15, 0.2) is 29.3 Å². The summed E-state index contributed by atoms with van der Waals surface area (Å²) in [5.41, 5.74) is -0.403. The highest BCUT2D eigenvalue weighted by Crippen LogP contribution is 2.40. The van der Waals surface area contributed by atoms with Crippen LogP contribution in [0.3, 0.4) is 0 Å². The molecule has 0 radical (unpaired) electrons. The Labute approximate surface area is 219 Å². The molecule has 0 aliphatic carbocycles. The normalized spacial score (nSPS) is 15.2. The monoisotopic (exact) mass is 553 g/mol. The summed E-state index contributed by atoms with van der Waals surface area (Å²) in [5.74, 6) is -1.81. The average Bonchev–Trinajstić information content (AvgIpc) is 3.24. The summed E-state index contributed by atoms with van der Waals surface area (Å²) in [4.78, 5) is 34.4. The fourth-order valence-corrected chi connectivity index (χ4v) is 5.05. The van der Waals surface area contributed by atoms with Crippen LogP contribution in [-0.2, 0) is 30.9 Å². The van der Waals surface area contributed by atoms with Crippen LogP contribution in [0, 0.1) is 0 Å². The highest BCUT2D eigenvalue weighted by atomic mass is 32.2. The van der Waals surface area contributed by atoms with Crippen LogP contribution in [-0.4, -0.2) is 72.7 Å². The van der Waals surface area contributed by atoms with Crippen molar-refractivity contribution < 1.29 is 42.1 Å². The second-order valence-corrected chi connectivity index (χ2v) is 11.2. The van der Waals surface area contributed by atoms with Crippen LogP contribution < -0.4 is 24.4 Å². The fraction of sp³-hybridized carbons (Fsp3) is 0.478. The van der Waals surface area contributed by atoms with Gasteiger partial charge in [-0.05, 0) is 45.9 Å². The molecule has 38 heavy (non-hydrogen) atoms. The molecule has 0 saturated heterocycles. The smallest absolute Gasteiger partial charge is 0.412 e. The molecule has 3 rings (SSSR count). The third kappa shape index (κ3) is 7.06. The number of fused-ring (bicyclic) bond motifs is 1. The van der Waals surface area contributed by atoms with E-state index < -0.39 is 40.4 Å². The summed E-state index contributed by atoms with van der Waals surface area (Å²) in [7, 11) is -4.39. The van der Waals surface area contributed by atoms with Crippen molar-refractivity contribution in [2.45, 2.75) is 57.8 Å². The maximum atomic E-state index is 13.9. The number of hydrogen-bond donors (Lipinski definition) is 3. The number of anilines is 2. The quantitative estimate of drug-likeness (QED) is 0.415. The molecule has 0 bridgehead atoms. The van der Waals surface area contributed by atoms with Gasteiger partial charge in [-0.1, -0.05) is 0 Å². The van der Waals surface area contributed by atoms with Gasteiger partial charge in [-0.15, -0.1) is 5.10 Å². The highest BCUT2D eigenvalue weighted by Gasteiger charge is 2.38. The third-order valence-electron chi connectivity index (χ3n) is 5.04. The summed E-state index contributed by atoms with van der Waals surface area (Å²) in [6.45, 7) is 7.49. The van der Waals surface area contributed by atoms with Crippen molar-refractivity contribution in [2.75, 3.05) is 29.3 Å². The van der Waals surface area contributed by atoms with Gasteiger partial charge in [0.1, 0.15) is 17.5 Å². The molecule has 15 heteroatoms. The SMILES string of the molecule is CCn1cc(S(=O)(=O)N2CC(CNC(C)=O)Oc3ccc(NC(=O)OC(C)(C)C)cc32)c(OCC(=O)O)n1. The van der Waals surface area contributed by atoms with Crippen LogP contribution in [0.5, 0.6) is 11.6 Å². The molecular formula is C23H31N5O9S. The van der Waals surface area contributed by atoms with Crippen LogP contribution in [0.4, 0.5) is 16.2 Å². The van der Waals surface area contributed by atoms with Gasteiger partial charge in [0.2, 0.25) is 5.91 Å². The van der Waals surface area contributed by atoms with Gasteiger partial charge in [0.05, 0.1) is 18.8 Å². The minimum atomic E-state index is -4.39. The van der Waals surface area contributed by atoms with Crippen molar-refractivity contribution in [3.05, 3.63) is 24.4 Å². The van der Waals surface area contributed by atoms with Crippen LogP contribution in [0.2, 0.25) is 0 Å². The van der Waals surface area contributed by atoms with Crippen molar-refractivity contribution >= 4 is 39.4 Å². The van der Waals surface area contributed by atoms with Gasteiger partial charge in [-0.2, -0.15) is 0 Å². The first-order valence-electron chi connectivity index (χ1n) is 11.7. The van der Waals surface area contributed by atoms with E-state index in [-0.39, 0.29) is 46.9 Å². The minimum absolute atomic E-state index is 0.0231. The number of nitrogens with one attached hydrogen (secondary N) is 2. The number of benzene rings is 1. The van der Waals surface area contributed by atoms with Crippen molar-refractivity contribution in [3.63, 3.8) is 0 Å². The van der Waals surface area contributed by atoms with Gasteiger partial charge in [0.15, 0.2) is 11.5 Å². The fourth-order valence-electron chi connectivity index (χ4n) is 3.48. The lowest BCUT2D eigenvalue weighted by molar-refractivity contribution is -0.139. The molecule has 1 unspecified atom stereocenters. The van der Waals surface area contributed by atoms with Crippen LogP contribution in [0.25, 0.3) is 0 Å². The number of aliphatic carboxylic acids is 1. The Morgan fingerprint density at radius 2 is 1.97 bits per heavy atom. The van der Waals surface area contributed by atoms with E-state index in [1.54, 1.807) is 27.7 Å². The maximum absolute atomic E-state index is 13.9. The molecule has 1 atom stereocenters. The maximum Gasteiger partial charge on any atom is 0.412 e. The molecule has 208 valence electrons. The Bertz CT molecular complexity index is 1320. The van der Waals surface area contributed by atoms with Gasteiger partial charge >= 0.3 is 12.1 Å². The first-order chi connectivity index (χ1) is 17.7. The van der Waals surface area contributed by atoms with E-state index in [1.807, 2.05) is 0 Å². The molecule has 0 saturated carbocycles. The molecule has 2 aromatic rings. The number of nitrogens with zero attached hydrogens (tertiary/aromatic N) is 3. The largest absolute Gasteiger partial charge is 0.484 e. The Morgan fingerprint density at radius 1 is 1.26 bits per heavy atom. The molecule has 3 N–H and O–H groups in total. The first-order valence-corrected chi connectivity index (χ1v) is 13.1. The summed E-state index contributed by atoms with van der Waals surface area (Å²) >= 11 is 0. The summed E-state index contributed by atoms with van der Waals surface area (Å²) in [6.07, 6.45) is -0.246. The molecule has 2 heterocycles. The number of carbonyl (C=O) groups is 3. The molecular weight excluding hydrogens is 522 g/mol. The van der Waals surface area contributed by atoms with Gasteiger partial charge < -0.3 is 24.6 Å². The summed E-state index contributed by atoms with van der Waals surface area (Å²) in [5, 5.41) is 18.2. The van der Waals surface area contributed by atoms with Crippen molar-refractivity contribution in [3.8, 4) is 11.6 Å². The molecule has 1 aliphatic rings. The van der Waals surface area contributed by atoms with E-state index in [4.69, 9.17) is 19.3 Å². The van der Waals surface area contributed by atoms with E-state index >= 15 is 0 Å². The van der Waals surface area contributed by atoms with Gasteiger partial charge in [-0.3, -0.25) is 19.1 Å². The number of carboxylic acid groups (broad SMARTS) is 1. The molecule has 1 aliphatic heterocycles. The molecule has 1 aromatic heterocycles. The minimum Gasteiger partial charge on any atom is -0.484 e. The number of carboxylic acids is 1. The van der Waals surface area contributed by atoms with Crippen molar-refractivity contribution in [1.82, 2.24) is 15.1 Å². The van der Waals surface area contributed by atoms with Gasteiger partial charge in [-0.25, -0.2) is 18.0 Å². The van der Waals surface area contributed by atoms with Crippen molar-refractivity contribution in [1.29, 1.82) is 0 Å². The van der Waals surface area contributed by atoms with E-state index in [0.717, 1.165) is 4.31 Å². The van der Waals surface area contributed by atoms with E-state index in [9.17, 15) is 22.8 Å². The molecule has 0 fully saturated rings. The number of hydrogen-bond acceptors (Lipinski definition) is 9. The van der Waals surface area contributed by atoms with E-state index in [1.165, 1.54) is 36.0 Å². The zero-order valence-electron chi connectivity index (χ0n) is 21.7. The topological polar surface area (TPSA) is 178 Å². The van der Waals surface area contributed by atoms with E-state index in [0.29, 0.717) is 6.54 Å². The number of aromatic nitrogens is 2. The number of aryl methyl sites for hydroxylation is 1. The Morgan fingerprint density at radius 3 is 2.58 bits per heavy atom. The van der Waals surface area contributed by atoms with E-state index in [2.05, 4.69) is 15.7 Å².